The summed E-state index contributed by atoms with van der Waals surface area (Å²) in [6, 6.07) is 5.85. The van der Waals surface area contributed by atoms with Crippen molar-refractivity contribution in [2.75, 3.05) is 0 Å². The fourth-order valence-corrected chi connectivity index (χ4v) is 2.84. The van der Waals surface area contributed by atoms with Crippen LogP contribution in [0.1, 0.15) is 48.7 Å². The van der Waals surface area contributed by atoms with Crippen LogP contribution in [0.15, 0.2) is 18.2 Å². The molecule has 1 aromatic heterocycles. The Kier molecular flexibility index (Phi) is 5.76. The molecule has 0 fully saturated rings. The molecule has 0 aliphatic carbocycles. The molecule has 1 aromatic carbocycles. The highest BCUT2D eigenvalue weighted by Gasteiger charge is 2.15. The summed E-state index contributed by atoms with van der Waals surface area (Å²) in [5.74, 6) is 0.252. The lowest BCUT2D eigenvalue weighted by Gasteiger charge is -2.18. The highest BCUT2D eigenvalue weighted by Crippen LogP contribution is 2.30. The van der Waals surface area contributed by atoms with Gasteiger partial charge in [0.1, 0.15) is 5.82 Å². The summed E-state index contributed by atoms with van der Waals surface area (Å²) in [5.41, 5.74) is 7.38. The van der Waals surface area contributed by atoms with Crippen LogP contribution in [0.4, 0.5) is 4.39 Å². The van der Waals surface area contributed by atoms with E-state index in [1.54, 1.807) is 6.07 Å². The smallest absolute Gasteiger partial charge is 0.146 e. The fourth-order valence-electron chi connectivity index (χ4n) is 2.84. The molecule has 0 spiro atoms. The first-order chi connectivity index (χ1) is 11.2. The summed E-state index contributed by atoms with van der Waals surface area (Å²) in [6.45, 7) is 15.3. The minimum Gasteiger partial charge on any atom is -0.308 e. The predicted molar refractivity (Wildman–Crippen MR) is 99.7 cm³/mol. The summed E-state index contributed by atoms with van der Waals surface area (Å²) in [5, 5.41) is 3.37. The van der Waals surface area contributed by atoms with E-state index in [1.807, 2.05) is 0 Å². The maximum absolute atomic E-state index is 14.2. The molecule has 3 heteroatoms. The summed E-state index contributed by atoms with van der Waals surface area (Å²) < 4.78 is 14.2. The Hall–Kier alpha value is -1.74. The van der Waals surface area contributed by atoms with E-state index in [2.05, 4.69) is 64.8 Å². The second-order valence-electron chi connectivity index (χ2n) is 7.17. The molecule has 0 aliphatic heterocycles. The molecule has 0 bridgehead atoms. The van der Waals surface area contributed by atoms with Gasteiger partial charge in [0.05, 0.1) is 11.4 Å². The number of aryl methyl sites for hydroxylation is 2. The molecule has 2 nitrogen and oxygen atoms in total. The van der Waals surface area contributed by atoms with Gasteiger partial charge in [-0.05, 0) is 74.9 Å². The normalized spacial score (nSPS) is 12.7. The SMILES string of the molecule is Cc1cc(C)c(C)c(-c2ccc(F)c(CN[C@H](C)C(C)C)n2)c1C. The van der Waals surface area contributed by atoms with Crippen molar-refractivity contribution in [2.45, 2.75) is 61.1 Å². The van der Waals surface area contributed by atoms with Gasteiger partial charge in [-0.15, -0.1) is 0 Å². The van der Waals surface area contributed by atoms with Gasteiger partial charge in [-0.1, -0.05) is 19.9 Å². The van der Waals surface area contributed by atoms with Gasteiger partial charge in [-0.3, -0.25) is 0 Å². The van der Waals surface area contributed by atoms with Crippen molar-refractivity contribution in [2.24, 2.45) is 5.92 Å². The molecule has 0 amide bonds. The molecule has 0 saturated carbocycles. The average molecular weight is 328 g/mol. The van der Waals surface area contributed by atoms with Crippen molar-refractivity contribution in [1.82, 2.24) is 10.3 Å². The van der Waals surface area contributed by atoms with Crippen LogP contribution in [0.2, 0.25) is 0 Å². The highest BCUT2D eigenvalue weighted by atomic mass is 19.1. The third-order valence-corrected chi connectivity index (χ3v) is 5.13. The summed E-state index contributed by atoms with van der Waals surface area (Å²) in [6.07, 6.45) is 0. The number of hydrogen-bond donors (Lipinski definition) is 1. The topological polar surface area (TPSA) is 24.9 Å². The van der Waals surface area contributed by atoms with Gasteiger partial charge in [-0.2, -0.15) is 0 Å². The summed E-state index contributed by atoms with van der Waals surface area (Å²) in [4.78, 5) is 4.64. The minimum absolute atomic E-state index is 0.248. The van der Waals surface area contributed by atoms with Crippen molar-refractivity contribution >= 4 is 0 Å². The second-order valence-corrected chi connectivity index (χ2v) is 7.17. The standard InChI is InChI=1S/C21H29FN2/c1-12(2)17(7)23-11-20-18(22)8-9-19(24-20)21-15(5)13(3)10-14(4)16(21)6/h8-10,12,17,23H,11H2,1-7H3/t17-/m1/s1. The quantitative estimate of drug-likeness (QED) is 0.810. The lowest BCUT2D eigenvalue weighted by Crippen LogP contribution is -2.30. The first-order valence-electron chi connectivity index (χ1n) is 8.69. The molecule has 0 unspecified atom stereocenters. The molecule has 1 N–H and O–H groups in total. The van der Waals surface area contributed by atoms with Gasteiger partial charge < -0.3 is 5.32 Å². The van der Waals surface area contributed by atoms with Crippen LogP contribution in [0.5, 0.6) is 0 Å². The Morgan fingerprint density at radius 2 is 1.58 bits per heavy atom. The van der Waals surface area contributed by atoms with Crippen LogP contribution >= 0.6 is 0 Å². The highest BCUT2D eigenvalue weighted by molar-refractivity contribution is 5.70. The van der Waals surface area contributed by atoms with E-state index in [9.17, 15) is 4.39 Å². The van der Waals surface area contributed by atoms with Crippen molar-refractivity contribution < 1.29 is 4.39 Å². The average Bonchev–Trinajstić information content (AvgIpc) is 2.53. The van der Waals surface area contributed by atoms with E-state index >= 15 is 0 Å². The Morgan fingerprint density at radius 1 is 1.00 bits per heavy atom. The molecule has 1 atom stereocenters. The number of pyridine rings is 1. The van der Waals surface area contributed by atoms with Gasteiger partial charge in [0.25, 0.3) is 0 Å². The predicted octanol–water partition coefficient (Wildman–Crippen LogP) is 5.26. The van der Waals surface area contributed by atoms with Gasteiger partial charge in [-0.25, -0.2) is 9.37 Å². The number of halogens is 1. The molecular weight excluding hydrogens is 299 g/mol. The van der Waals surface area contributed by atoms with E-state index in [-0.39, 0.29) is 5.82 Å². The zero-order chi connectivity index (χ0) is 18.0. The number of nitrogens with zero attached hydrogens (tertiary/aromatic N) is 1. The minimum atomic E-state index is -0.248. The largest absolute Gasteiger partial charge is 0.308 e. The van der Waals surface area contributed by atoms with Gasteiger partial charge in [0.2, 0.25) is 0 Å². The third-order valence-electron chi connectivity index (χ3n) is 5.13. The molecule has 1 heterocycles. The zero-order valence-corrected chi connectivity index (χ0v) is 15.9. The molecule has 0 saturated heterocycles. The number of aromatic nitrogens is 1. The number of hydrogen-bond acceptors (Lipinski definition) is 2. The lowest BCUT2D eigenvalue weighted by atomic mass is 9.92. The fraction of sp³-hybridized carbons (Fsp3) is 0.476. The summed E-state index contributed by atoms with van der Waals surface area (Å²) >= 11 is 0. The molecule has 24 heavy (non-hydrogen) atoms. The van der Waals surface area contributed by atoms with Crippen molar-refractivity contribution in [1.29, 1.82) is 0 Å². The molecule has 2 rings (SSSR count). The molecule has 0 radical (unpaired) electrons. The lowest BCUT2D eigenvalue weighted by molar-refractivity contribution is 0.418. The first kappa shape index (κ1) is 18.6. The van der Waals surface area contributed by atoms with Gasteiger partial charge >= 0.3 is 0 Å². The third kappa shape index (κ3) is 3.84. The van der Waals surface area contributed by atoms with Gasteiger partial charge in [0, 0.05) is 18.2 Å². The Bertz CT molecular complexity index is 709. The Balaban J connectivity index is 2.42. The van der Waals surface area contributed by atoms with E-state index in [0.717, 1.165) is 11.3 Å². The van der Waals surface area contributed by atoms with Crippen LogP contribution in [-0.4, -0.2) is 11.0 Å². The zero-order valence-electron chi connectivity index (χ0n) is 15.9. The van der Waals surface area contributed by atoms with Crippen LogP contribution in [0, 0.1) is 39.4 Å². The van der Waals surface area contributed by atoms with E-state index < -0.39 is 0 Å². The van der Waals surface area contributed by atoms with E-state index in [4.69, 9.17) is 0 Å². The maximum Gasteiger partial charge on any atom is 0.146 e. The van der Waals surface area contributed by atoms with Crippen LogP contribution < -0.4 is 5.32 Å². The van der Waals surface area contributed by atoms with E-state index in [1.165, 1.54) is 28.3 Å². The maximum atomic E-state index is 14.2. The van der Waals surface area contributed by atoms with Crippen molar-refractivity contribution in [3.05, 3.63) is 52.0 Å². The second kappa shape index (κ2) is 7.43. The van der Waals surface area contributed by atoms with E-state index in [0.29, 0.717) is 24.2 Å². The van der Waals surface area contributed by atoms with Crippen molar-refractivity contribution in [3.8, 4) is 11.3 Å². The monoisotopic (exact) mass is 328 g/mol. The number of benzene rings is 1. The summed E-state index contributed by atoms with van der Waals surface area (Å²) in [7, 11) is 0. The molecule has 2 aromatic rings. The molecular formula is C21H29FN2. The Labute approximate surface area is 145 Å². The number of rotatable bonds is 5. The first-order valence-corrected chi connectivity index (χ1v) is 8.69. The van der Waals surface area contributed by atoms with Crippen molar-refractivity contribution in [3.63, 3.8) is 0 Å². The Morgan fingerprint density at radius 3 is 2.12 bits per heavy atom. The molecule has 130 valence electrons. The number of nitrogens with one attached hydrogen (secondary N) is 1. The van der Waals surface area contributed by atoms with Crippen LogP contribution in [-0.2, 0) is 6.54 Å². The van der Waals surface area contributed by atoms with Crippen LogP contribution in [0.25, 0.3) is 11.3 Å². The van der Waals surface area contributed by atoms with Gasteiger partial charge in [0.15, 0.2) is 0 Å². The molecule has 0 aliphatic rings. The van der Waals surface area contributed by atoms with Crippen LogP contribution in [0.3, 0.4) is 0 Å².